The first kappa shape index (κ1) is 16.2. The number of aryl methyl sites for hydroxylation is 1. The van der Waals surface area contributed by atoms with E-state index in [0.29, 0.717) is 16.9 Å². The van der Waals surface area contributed by atoms with Crippen molar-refractivity contribution in [1.29, 1.82) is 0 Å². The Hall–Kier alpha value is -3.68. The Bertz CT molecular complexity index is 1020. The third-order valence-corrected chi connectivity index (χ3v) is 3.63. The van der Waals surface area contributed by atoms with Gasteiger partial charge >= 0.3 is 0 Å². The van der Waals surface area contributed by atoms with Gasteiger partial charge in [-0.25, -0.2) is 4.68 Å². The van der Waals surface area contributed by atoms with Crippen molar-refractivity contribution in [2.24, 2.45) is 4.99 Å². The zero-order valence-corrected chi connectivity index (χ0v) is 13.2. The number of hydrogen-bond acceptors (Lipinski definition) is 5. The van der Waals surface area contributed by atoms with E-state index < -0.39 is 4.92 Å². The number of nitro groups is 1. The summed E-state index contributed by atoms with van der Waals surface area (Å²) in [5.41, 5.74) is 1.25. The molecule has 1 heterocycles. The lowest BCUT2D eigenvalue weighted by Gasteiger charge is -1.99. The van der Waals surface area contributed by atoms with E-state index in [4.69, 9.17) is 0 Å². The first-order chi connectivity index (χ1) is 12.0. The fraction of sp³-hybridized carbons (Fsp3) is 0.0588. The molecule has 2 aromatic carbocycles. The van der Waals surface area contributed by atoms with Crippen LogP contribution in [0.1, 0.15) is 11.3 Å². The second-order valence-electron chi connectivity index (χ2n) is 5.31. The molecular formula is C17H14N4O4. The molecule has 0 radical (unpaired) electrons. The Labute approximate surface area is 141 Å². The average molecular weight is 338 g/mol. The summed E-state index contributed by atoms with van der Waals surface area (Å²) < 4.78 is 1.40. The number of para-hydroxylation sites is 1. The molecule has 0 unspecified atom stereocenters. The predicted molar refractivity (Wildman–Crippen MR) is 93.1 cm³/mol. The number of aliphatic imine (C=N–C) groups is 1. The Morgan fingerprint density at radius 1 is 1.24 bits per heavy atom. The van der Waals surface area contributed by atoms with Crippen LogP contribution in [0.5, 0.6) is 5.75 Å². The van der Waals surface area contributed by atoms with Crippen molar-refractivity contribution in [2.45, 2.75) is 6.92 Å². The second-order valence-corrected chi connectivity index (χ2v) is 5.31. The zero-order valence-electron chi connectivity index (χ0n) is 13.2. The molecule has 25 heavy (non-hydrogen) atoms. The van der Waals surface area contributed by atoms with Gasteiger partial charge in [-0.15, -0.1) is 0 Å². The highest BCUT2D eigenvalue weighted by Gasteiger charge is 2.12. The lowest BCUT2D eigenvalue weighted by molar-refractivity contribution is -0.384. The number of phenolic OH excluding ortho intramolecular Hbond substituents is 1. The molecule has 8 nitrogen and oxygen atoms in total. The van der Waals surface area contributed by atoms with Crippen LogP contribution in [0.15, 0.2) is 58.3 Å². The summed E-state index contributed by atoms with van der Waals surface area (Å²) in [5.74, 6) is -0.331. The Kier molecular flexibility index (Phi) is 4.17. The SMILES string of the molecule is Cc1[nH]n(-c2ccccc2)c(=O)c1C=Nc1ccc([N+](=O)[O-])cc1O. The van der Waals surface area contributed by atoms with Crippen LogP contribution in [-0.2, 0) is 0 Å². The molecule has 2 N–H and O–H groups in total. The molecule has 0 saturated heterocycles. The first-order valence-corrected chi connectivity index (χ1v) is 7.36. The topological polar surface area (TPSA) is 114 Å². The summed E-state index contributed by atoms with van der Waals surface area (Å²) in [6.07, 6.45) is 1.33. The molecule has 1 aromatic heterocycles. The van der Waals surface area contributed by atoms with Crippen LogP contribution in [0.4, 0.5) is 11.4 Å². The first-order valence-electron chi connectivity index (χ1n) is 7.36. The number of nitrogens with zero attached hydrogens (tertiary/aromatic N) is 3. The second kappa shape index (κ2) is 6.44. The highest BCUT2D eigenvalue weighted by molar-refractivity contribution is 5.83. The fourth-order valence-corrected chi connectivity index (χ4v) is 2.34. The lowest BCUT2D eigenvalue weighted by atomic mass is 10.2. The van der Waals surface area contributed by atoms with Gasteiger partial charge in [0.1, 0.15) is 11.4 Å². The van der Waals surface area contributed by atoms with E-state index in [-0.39, 0.29) is 22.7 Å². The van der Waals surface area contributed by atoms with E-state index in [0.717, 1.165) is 6.07 Å². The van der Waals surface area contributed by atoms with Crippen LogP contribution in [0.25, 0.3) is 5.69 Å². The molecule has 8 heteroatoms. The molecule has 0 aliphatic heterocycles. The fourth-order valence-electron chi connectivity index (χ4n) is 2.34. The van der Waals surface area contributed by atoms with Crippen molar-refractivity contribution in [3.63, 3.8) is 0 Å². The minimum Gasteiger partial charge on any atom is -0.505 e. The van der Waals surface area contributed by atoms with Crippen LogP contribution in [0, 0.1) is 17.0 Å². The summed E-state index contributed by atoms with van der Waals surface area (Å²) in [7, 11) is 0. The lowest BCUT2D eigenvalue weighted by Crippen LogP contribution is -2.17. The maximum atomic E-state index is 12.5. The molecule has 3 rings (SSSR count). The number of aromatic nitrogens is 2. The van der Waals surface area contributed by atoms with Crippen LogP contribution in [0.3, 0.4) is 0 Å². The van der Waals surface area contributed by atoms with Gasteiger partial charge in [-0.05, 0) is 25.1 Å². The van der Waals surface area contributed by atoms with E-state index in [9.17, 15) is 20.0 Å². The van der Waals surface area contributed by atoms with Gasteiger partial charge in [0.25, 0.3) is 11.2 Å². The third-order valence-electron chi connectivity index (χ3n) is 3.63. The number of rotatable bonds is 4. The zero-order chi connectivity index (χ0) is 18.0. The van der Waals surface area contributed by atoms with Gasteiger partial charge in [0, 0.05) is 18.0 Å². The van der Waals surface area contributed by atoms with Gasteiger partial charge in [-0.1, -0.05) is 18.2 Å². The predicted octanol–water partition coefficient (Wildman–Crippen LogP) is 2.84. The highest BCUT2D eigenvalue weighted by Crippen LogP contribution is 2.30. The number of aromatic hydroxyl groups is 1. The quantitative estimate of drug-likeness (QED) is 0.432. The molecule has 0 bridgehead atoms. The van der Waals surface area contributed by atoms with Crippen LogP contribution in [-0.4, -0.2) is 26.0 Å². The molecule has 3 aromatic rings. The Morgan fingerprint density at radius 2 is 1.96 bits per heavy atom. The number of nitrogens with one attached hydrogen (secondary N) is 1. The minimum atomic E-state index is -0.609. The largest absolute Gasteiger partial charge is 0.505 e. The van der Waals surface area contributed by atoms with Gasteiger partial charge < -0.3 is 5.11 Å². The Balaban J connectivity index is 1.96. The van der Waals surface area contributed by atoms with Crippen molar-refractivity contribution in [2.75, 3.05) is 0 Å². The molecule has 0 aliphatic carbocycles. The van der Waals surface area contributed by atoms with Gasteiger partial charge in [-0.2, -0.15) is 0 Å². The molecule has 0 aliphatic rings. The smallest absolute Gasteiger partial charge is 0.280 e. The number of aromatic amines is 1. The van der Waals surface area contributed by atoms with E-state index in [1.165, 1.54) is 23.0 Å². The summed E-state index contributed by atoms with van der Waals surface area (Å²) in [5, 5.41) is 23.5. The van der Waals surface area contributed by atoms with Crippen LogP contribution in [0.2, 0.25) is 0 Å². The van der Waals surface area contributed by atoms with Gasteiger partial charge in [-0.3, -0.25) is 25.0 Å². The summed E-state index contributed by atoms with van der Waals surface area (Å²) >= 11 is 0. The molecule has 0 atom stereocenters. The van der Waals surface area contributed by atoms with Gasteiger partial charge in [0.15, 0.2) is 0 Å². The monoisotopic (exact) mass is 338 g/mol. The Morgan fingerprint density at radius 3 is 2.60 bits per heavy atom. The van der Waals surface area contributed by atoms with E-state index in [1.807, 2.05) is 18.2 Å². The number of non-ortho nitro benzene ring substituents is 1. The normalized spacial score (nSPS) is 11.1. The number of nitro benzene ring substituents is 1. The average Bonchev–Trinajstić information content (AvgIpc) is 2.89. The molecule has 0 saturated carbocycles. The number of phenols is 1. The number of benzene rings is 2. The van der Waals surface area contributed by atoms with Crippen molar-refractivity contribution < 1.29 is 10.0 Å². The van der Waals surface area contributed by atoms with E-state index in [2.05, 4.69) is 10.1 Å². The highest BCUT2D eigenvalue weighted by atomic mass is 16.6. The molecule has 0 fully saturated rings. The van der Waals surface area contributed by atoms with Crippen LogP contribution >= 0.6 is 0 Å². The van der Waals surface area contributed by atoms with E-state index >= 15 is 0 Å². The van der Waals surface area contributed by atoms with Crippen molar-refractivity contribution in [3.05, 3.63) is 80.3 Å². The number of H-pyrrole nitrogens is 1. The van der Waals surface area contributed by atoms with Crippen molar-refractivity contribution in [3.8, 4) is 11.4 Å². The van der Waals surface area contributed by atoms with Crippen molar-refractivity contribution in [1.82, 2.24) is 9.78 Å². The summed E-state index contributed by atoms with van der Waals surface area (Å²) in [6, 6.07) is 12.6. The van der Waals surface area contributed by atoms with Gasteiger partial charge in [0.2, 0.25) is 0 Å². The molecule has 126 valence electrons. The minimum absolute atomic E-state index is 0.136. The molecule has 0 amide bonds. The summed E-state index contributed by atoms with van der Waals surface area (Å²) in [6.45, 7) is 1.73. The molecular weight excluding hydrogens is 324 g/mol. The number of hydrogen-bond donors (Lipinski definition) is 2. The van der Waals surface area contributed by atoms with Crippen LogP contribution < -0.4 is 5.56 Å². The van der Waals surface area contributed by atoms with E-state index in [1.54, 1.807) is 19.1 Å². The van der Waals surface area contributed by atoms with Gasteiger partial charge in [0.05, 0.1) is 22.2 Å². The summed E-state index contributed by atoms with van der Waals surface area (Å²) in [4.78, 5) is 26.7. The third kappa shape index (κ3) is 3.18. The standard InChI is InChI=1S/C17H14N4O4/c1-11-14(17(23)20(19-11)12-5-3-2-4-6-12)10-18-15-8-7-13(21(24)25)9-16(15)22/h2-10,19,22H,1H3. The maximum Gasteiger partial charge on any atom is 0.280 e. The van der Waals surface area contributed by atoms with Crippen molar-refractivity contribution >= 4 is 17.6 Å². The maximum absolute atomic E-state index is 12.5. The molecule has 0 spiro atoms.